The molecule has 1 saturated heterocycles. The van der Waals surface area contributed by atoms with Gasteiger partial charge in [0.2, 0.25) is 0 Å². The van der Waals surface area contributed by atoms with E-state index >= 15 is 0 Å². The predicted octanol–water partition coefficient (Wildman–Crippen LogP) is 4.07. The van der Waals surface area contributed by atoms with Gasteiger partial charge >= 0.3 is 5.97 Å². The Hall–Kier alpha value is -1.86. The number of rotatable bonds is 5. The molecular weight excluding hydrogens is 370 g/mol. The third-order valence-electron chi connectivity index (χ3n) is 4.60. The Morgan fingerprint density at radius 2 is 1.96 bits per heavy atom. The number of amides is 1. The predicted molar refractivity (Wildman–Crippen MR) is 106 cm³/mol. The molecule has 1 atom stereocenters. The van der Waals surface area contributed by atoms with Crippen molar-refractivity contribution in [2.45, 2.75) is 51.2 Å². The van der Waals surface area contributed by atoms with Crippen molar-refractivity contribution in [1.82, 2.24) is 4.90 Å². The summed E-state index contributed by atoms with van der Waals surface area (Å²) in [5, 5.41) is 8.88. The summed E-state index contributed by atoms with van der Waals surface area (Å²) in [4.78, 5) is 26.0. The maximum absolute atomic E-state index is 12.8. The van der Waals surface area contributed by atoms with Crippen molar-refractivity contribution in [2.24, 2.45) is 0 Å². The summed E-state index contributed by atoms with van der Waals surface area (Å²) in [5.41, 5.74) is 0.851. The molecule has 1 amide bonds. The van der Waals surface area contributed by atoms with Gasteiger partial charge in [0, 0.05) is 6.04 Å². The molecule has 1 aliphatic heterocycles. The van der Waals surface area contributed by atoms with Gasteiger partial charge in [-0.3, -0.25) is 9.69 Å². The van der Waals surface area contributed by atoms with Crippen LogP contribution in [0.3, 0.4) is 0 Å². The van der Waals surface area contributed by atoms with Gasteiger partial charge in [-0.05, 0) is 43.5 Å². The van der Waals surface area contributed by atoms with E-state index in [1.54, 1.807) is 29.2 Å². The molecule has 7 heteroatoms. The molecule has 1 heterocycles. The number of thiocarbonyl (C=S) groups is 1. The molecular formula is C19H21NO4S2. The Morgan fingerprint density at radius 3 is 2.58 bits per heavy atom. The summed E-state index contributed by atoms with van der Waals surface area (Å²) in [6, 6.07) is 7.24. The van der Waals surface area contributed by atoms with Gasteiger partial charge in [-0.25, -0.2) is 4.79 Å². The van der Waals surface area contributed by atoms with Crippen LogP contribution in [0.1, 0.15) is 44.6 Å². The van der Waals surface area contributed by atoms with E-state index in [1.807, 2.05) is 6.08 Å². The lowest BCUT2D eigenvalue weighted by Crippen LogP contribution is -2.39. The second-order valence-corrected chi connectivity index (χ2v) is 8.19. The van der Waals surface area contributed by atoms with E-state index in [1.165, 1.54) is 25.1 Å². The van der Waals surface area contributed by atoms with E-state index < -0.39 is 12.1 Å². The normalized spacial score (nSPS) is 21.3. The lowest BCUT2D eigenvalue weighted by molar-refractivity contribution is -0.144. The molecule has 1 N–H and O–H groups in total. The van der Waals surface area contributed by atoms with Crippen LogP contribution in [0.5, 0.6) is 5.75 Å². The lowest BCUT2D eigenvalue weighted by atomic mass is 9.94. The van der Waals surface area contributed by atoms with E-state index in [-0.39, 0.29) is 11.9 Å². The Kier molecular flexibility index (Phi) is 5.98. The van der Waals surface area contributed by atoms with Crippen LogP contribution in [0.25, 0.3) is 6.08 Å². The lowest BCUT2D eigenvalue weighted by Gasteiger charge is -2.29. The van der Waals surface area contributed by atoms with Gasteiger partial charge < -0.3 is 9.84 Å². The van der Waals surface area contributed by atoms with Crippen LogP contribution >= 0.6 is 24.0 Å². The van der Waals surface area contributed by atoms with Crippen molar-refractivity contribution < 1.29 is 19.4 Å². The third kappa shape index (κ3) is 4.27. The fourth-order valence-electron chi connectivity index (χ4n) is 3.18. The fourth-order valence-corrected chi connectivity index (χ4v) is 4.58. The van der Waals surface area contributed by atoms with Crippen LogP contribution in [0, 0.1) is 0 Å². The van der Waals surface area contributed by atoms with Crippen molar-refractivity contribution in [2.75, 3.05) is 0 Å². The Balaban J connectivity index is 1.70. The molecule has 0 spiro atoms. The minimum atomic E-state index is -1.01. The van der Waals surface area contributed by atoms with Crippen molar-refractivity contribution in [3.8, 4) is 5.75 Å². The van der Waals surface area contributed by atoms with Crippen molar-refractivity contribution in [1.29, 1.82) is 0 Å². The first-order valence-corrected chi connectivity index (χ1v) is 9.95. The van der Waals surface area contributed by atoms with E-state index in [4.69, 9.17) is 22.1 Å². The number of thioether (sulfide) groups is 1. The summed E-state index contributed by atoms with van der Waals surface area (Å²) < 4.78 is 5.96. The van der Waals surface area contributed by atoms with E-state index in [0.717, 1.165) is 31.2 Å². The molecule has 26 heavy (non-hydrogen) atoms. The molecule has 1 aromatic rings. The van der Waals surface area contributed by atoms with Gasteiger partial charge in [-0.2, -0.15) is 0 Å². The molecule has 2 aliphatic rings. The topological polar surface area (TPSA) is 66.8 Å². The Labute approximate surface area is 162 Å². The average molecular weight is 392 g/mol. The molecule has 0 bridgehead atoms. The molecule has 0 radical (unpaired) electrons. The van der Waals surface area contributed by atoms with Gasteiger partial charge in [-0.1, -0.05) is 55.4 Å². The van der Waals surface area contributed by atoms with Gasteiger partial charge in [0.15, 0.2) is 6.10 Å². The quantitative estimate of drug-likeness (QED) is 0.603. The fraction of sp³-hybridized carbons (Fsp3) is 0.421. The van der Waals surface area contributed by atoms with Crippen LogP contribution < -0.4 is 4.74 Å². The highest BCUT2D eigenvalue weighted by Gasteiger charge is 2.37. The molecule has 1 unspecified atom stereocenters. The van der Waals surface area contributed by atoms with Crippen LogP contribution in [0.2, 0.25) is 0 Å². The highest BCUT2D eigenvalue weighted by molar-refractivity contribution is 8.26. The number of benzene rings is 1. The van der Waals surface area contributed by atoms with Crippen LogP contribution in [-0.4, -0.2) is 38.3 Å². The molecule has 1 aliphatic carbocycles. The summed E-state index contributed by atoms with van der Waals surface area (Å²) in [6.45, 7) is 1.48. The minimum absolute atomic E-state index is 0.00766. The molecule has 2 fully saturated rings. The SMILES string of the molecule is CC(Oc1ccc(/C=C2/SC(=S)N(C3CCCCC3)C2=O)cc1)C(=O)O. The van der Waals surface area contributed by atoms with Crippen molar-refractivity contribution in [3.05, 3.63) is 34.7 Å². The molecule has 1 aromatic carbocycles. The van der Waals surface area contributed by atoms with E-state index in [2.05, 4.69) is 0 Å². The van der Waals surface area contributed by atoms with Gasteiger partial charge in [-0.15, -0.1) is 0 Å². The zero-order chi connectivity index (χ0) is 18.7. The number of aliphatic carboxylic acids is 1. The Morgan fingerprint density at radius 1 is 1.31 bits per heavy atom. The standard InChI is InChI=1S/C19H21NO4S2/c1-12(18(22)23)24-15-9-7-13(8-10-15)11-16-17(21)20(19(25)26-16)14-5-3-2-4-6-14/h7-12,14H,2-6H2,1H3,(H,22,23)/b16-11+. The number of carbonyl (C=O) groups excluding carboxylic acids is 1. The summed E-state index contributed by atoms with van der Waals surface area (Å²) >= 11 is 6.78. The molecule has 0 aromatic heterocycles. The summed E-state index contributed by atoms with van der Waals surface area (Å²) in [7, 11) is 0. The highest BCUT2D eigenvalue weighted by atomic mass is 32.2. The second kappa shape index (κ2) is 8.22. The largest absolute Gasteiger partial charge is 0.479 e. The number of hydrogen-bond acceptors (Lipinski definition) is 5. The summed E-state index contributed by atoms with van der Waals surface area (Å²) in [6.07, 6.45) is 6.49. The number of nitrogens with zero attached hydrogens (tertiary/aromatic N) is 1. The number of hydrogen-bond donors (Lipinski definition) is 1. The van der Waals surface area contributed by atoms with Crippen LogP contribution in [-0.2, 0) is 9.59 Å². The average Bonchev–Trinajstić information content (AvgIpc) is 2.90. The Bertz CT molecular complexity index is 738. The molecule has 1 saturated carbocycles. The van der Waals surface area contributed by atoms with Crippen LogP contribution in [0.15, 0.2) is 29.2 Å². The maximum atomic E-state index is 12.8. The van der Waals surface area contributed by atoms with Crippen molar-refractivity contribution in [3.63, 3.8) is 0 Å². The first kappa shape index (κ1) is 18.9. The number of carboxylic acid groups (broad SMARTS) is 1. The van der Waals surface area contributed by atoms with E-state index in [0.29, 0.717) is 15.0 Å². The van der Waals surface area contributed by atoms with E-state index in [9.17, 15) is 9.59 Å². The summed E-state index contributed by atoms with van der Waals surface area (Å²) in [5.74, 6) is -0.543. The van der Waals surface area contributed by atoms with Crippen molar-refractivity contribution >= 4 is 46.3 Å². The zero-order valence-electron chi connectivity index (χ0n) is 14.5. The van der Waals surface area contributed by atoms with Gasteiger partial charge in [0.05, 0.1) is 4.91 Å². The molecule has 5 nitrogen and oxygen atoms in total. The molecule has 3 rings (SSSR count). The highest BCUT2D eigenvalue weighted by Crippen LogP contribution is 2.37. The van der Waals surface area contributed by atoms with Gasteiger partial charge in [0.25, 0.3) is 5.91 Å². The third-order valence-corrected chi connectivity index (χ3v) is 5.93. The minimum Gasteiger partial charge on any atom is -0.479 e. The zero-order valence-corrected chi connectivity index (χ0v) is 16.1. The first-order chi connectivity index (χ1) is 12.5. The number of carbonyl (C=O) groups is 2. The molecule has 138 valence electrons. The maximum Gasteiger partial charge on any atom is 0.344 e. The van der Waals surface area contributed by atoms with Gasteiger partial charge in [0.1, 0.15) is 10.1 Å². The smallest absolute Gasteiger partial charge is 0.344 e. The van der Waals surface area contributed by atoms with Crippen LogP contribution in [0.4, 0.5) is 0 Å². The number of carboxylic acids is 1. The second-order valence-electron chi connectivity index (χ2n) is 6.51. The first-order valence-electron chi connectivity index (χ1n) is 8.72. The monoisotopic (exact) mass is 391 g/mol. The number of ether oxygens (including phenoxy) is 1.